The predicted molar refractivity (Wildman–Crippen MR) is 105 cm³/mol. The van der Waals surface area contributed by atoms with Crippen LogP contribution in [-0.4, -0.2) is 81.6 Å². The standard InChI is InChI=1S/C20H26N6O2/c27-12-2-6-24-8-10-25(11-9-24)19-17-4-7-26(14-18(17)22-15-23-19)20(28)16-3-1-5-21-13-16/h1,3,5,13,15,27H,2,4,6-12,14H2. The summed E-state index contributed by atoms with van der Waals surface area (Å²) in [5, 5.41) is 9.01. The monoisotopic (exact) mass is 382 g/mol. The molecule has 0 aliphatic carbocycles. The largest absolute Gasteiger partial charge is 0.396 e. The lowest BCUT2D eigenvalue weighted by Crippen LogP contribution is -2.47. The number of aromatic nitrogens is 3. The summed E-state index contributed by atoms with van der Waals surface area (Å²) in [5.74, 6) is 1.01. The van der Waals surface area contributed by atoms with Crippen LogP contribution < -0.4 is 4.90 Å². The van der Waals surface area contributed by atoms with Crippen molar-refractivity contribution in [3.05, 3.63) is 47.7 Å². The van der Waals surface area contributed by atoms with Crippen molar-refractivity contribution in [1.29, 1.82) is 0 Å². The van der Waals surface area contributed by atoms with Crippen LogP contribution in [-0.2, 0) is 13.0 Å². The topological polar surface area (TPSA) is 85.7 Å². The minimum absolute atomic E-state index is 0.00332. The van der Waals surface area contributed by atoms with E-state index < -0.39 is 0 Å². The first-order chi connectivity index (χ1) is 13.8. The number of carbonyl (C=O) groups is 1. The van der Waals surface area contributed by atoms with Crippen LogP contribution in [0.25, 0.3) is 0 Å². The highest BCUT2D eigenvalue weighted by Crippen LogP contribution is 2.27. The highest BCUT2D eigenvalue weighted by atomic mass is 16.3. The molecule has 2 aliphatic heterocycles. The maximum Gasteiger partial charge on any atom is 0.255 e. The van der Waals surface area contributed by atoms with E-state index in [1.165, 1.54) is 5.56 Å². The van der Waals surface area contributed by atoms with Crippen LogP contribution in [0.5, 0.6) is 0 Å². The van der Waals surface area contributed by atoms with Gasteiger partial charge in [-0.15, -0.1) is 0 Å². The van der Waals surface area contributed by atoms with E-state index in [1.54, 1.807) is 30.9 Å². The third-order valence-electron chi connectivity index (χ3n) is 5.48. The number of carbonyl (C=O) groups excluding carboxylic acids is 1. The Kier molecular flexibility index (Phi) is 5.78. The number of amides is 1. The molecule has 0 saturated carbocycles. The molecule has 1 N–H and O–H groups in total. The van der Waals surface area contributed by atoms with E-state index in [0.29, 0.717) is 18.7 Å². The molecule has 2 aromatic heterocycles. The fourth-order valence-electron chi connectivity index (χ4n) is 3.93. The summed E-state index contributed by atoms with van der Waals surface area (Å²) in [6.45, 7) is 6.16. The number of nitrogens with zero attached hydrogens (tertiary/aromatic N) is 6. The predicted octanol–water partition coefficient (Wildman–Crippen LogP) is 0.575. The van der Waals surface area contributed by atoms with E-state index >= 15 is 0 Å². The van der Waals surface area contributed by atoms with Gasteiger partial charge in [0.25, 0.3) is 5.91 Å². The Bertz CT molecular complexity index is 808. The van der Waals surface area contributed by atoms with Crippen molar-refractivity contribution < 1.29 is 9.90 Å². The summed E-state index contributed by atoms with van der Waals surface area (Å²) in [6.07, 6.45) is 6.49. The third-order valence-corrected chi connectivity index (χ3v) is 5.48. The number of pyridine rings is 1. The molecular formula is C20H26N6O2. The van der Waals surface area contributed by atoms with Gasteiger partial charge in [-0.1, -0.05) is 0 Å². The zero-order valence-electron chi connectivity index (χ0n) is 16.0. The Hall–Kier alpha value is -2.58. The minimum atomic E-state index is -0.00332. The van der Waals surface area contributed by atoms with Crippen LogP contribution in [0.4, 0.5) is 5.82 Å². The fourth-order valence-corrected chi connectivity index (χ4v) is 3.93. The number of fused-ring (bicyclic) bond motifs is 1. The Morgan fingerprint density at radius 2 is 2.00 bits per heavy atom. The number of aliphatic hydroxyl groups is 1. The quantitative estimate of drug-likeness (QED) is 0.809. The molecule has 8 heteroatoms. The molecule has 0 unspecified atom stereocenters. The first-order valence-corrected chi connectivity index (χ1v) is 9.86. The van der Waals surface area contributed by atoms with E-state index in [0.717, 1.165) is 57.1 Å². The lowest BCUT2D eigenvalue weighted by atomic mass is 10.0. The number of rotatable bonds is 5. The summed E-state index contributed by atoms with van der Waals surface area (Å²) in [5.41, 5.74) is 2.72. The molecule has 0 spiro atoms. The zero-order chi connectivity index (χ0) is 19.3. The van der Waals surface area contributed by atoms with Gasteiger partial charge >= 0.3 is 0 Å². The average molecular weight is 382 g/mol. The van der Waals surface area contributed by atoms with Gasteiger partial charge in [-0.05, 0) is 25.0 Å². The van der Waals surface area contributed by atoms with Crippen LogP contribution in [0.1, 0.15) is 28.0 Å². The highest BCUT2D eigenvalue weighted by Gasteiger charge is 2.28. The third kappa shape index (κ3) is 3.98. The van der Waals surface area contributed by atoms with Crippen LogP contribution in [0.15, 0.2) is 30.9 Å². The molecule has 4 rings (SSSR count). The van der Waals surface area contributed by atoms with Crippen molar-refractivity contribution in [2.75, 3.05) is 50.8 Å². The first kappa shape index (κ1) is 18.8. The summed E-state index contributed by atoms with van der Waals surface area (Å²) in [6, 6.07) is 3.58. The molecule has 148 valence electrons. The zero-order valence-corrected chi connectivity index (χ0v) is 16.0. The Morgan fingerprint density at radius 1 is 1.14 bits per heavy atom. The summed E-state index contributed by atoms with van der Waals surface area (Å²) in [4.78, 5) is 32.4. The average Bonchev–Trinajstić information content (AvgIpc) is 2.77. The van der Waals surface area contributed by atoms with Crippen LogP contribution in [0.2, 0.25) is 0 Å². The van der Waals surface area contributed by atoms with E-state index in [9.17, 15) is 4.79 Å². The van der Waals surface area contributed by atoms with Crippen LogP contribution in [0.3, 0.4) is 0 Å². The second kappa shape index (κ2) is 8.62. The van der Waals surface area contributed by atoms with Gasteiger partial charge in [0.05, 0.1) is 17.8 Å². The number of hydrogen-bond acceptors (Lipinski definition) is 7. The van der Waals surface area contributed by atoms with Crippen molar-refractivity contribution in [3.8, 4) is 0 Å². The fraction of sp³-hybridized carbons (Fsp3) is 0.500. The smallest absolute Gasteiger partial charge is 0.255 e. The van der Waals surface area contributed by atoms with Gasteiger partial charge in [0.1, 0.15) is 12.1 Å². The summed E-state index contributed by atoms with van der Waals surface area (Å²) >= 11 is 0. The first-order valence-electron chi connectivity index (χ1n) is 9.86. The van der Waals surface area contributed by atoms with Gasteiger partial charge < -0.3 is 14.9 Å². The molecule has 8 nitrogen and oxygen atoms in total. The van der Waals surface area contributed by atoms with E-state index in [4.69, 9.17) is 5.11 Å². The molecule has 1 amide bonds. The van der Waals surface area contributed by atoms with Crippen molar-refractivity contribution in [2.45, 2.75) is 19.4 Å². The molecule has 2 aromatic rings. The van der Waals surface area contributed by atoms with Crippen molar-refractivity contribution >= 4 is 11.7 Å². The normalized spacial score (nSPS) is 17.5. The SMILES string of the molecule is O=C(c1cccnc1)N1CCc2c(ncnc2N2CCN(CCCO)CC2)C1. The number of anilines is 1. The number of piperazine rings is 1. The molecule has 1 fully saturated rings. The molecule has 28 heavy (non-hydrogen) atoms. The lowest BCUT2D eigenvalue weighted by molar-refractivity contribution is 0.0731. The van der Waals surface area contributed by atoms with Gasteiger partial charge in [0.2, 0.25) is 0 Å². The summed E-state index contributed by atoms with van der Waals surface area (Å²) < 4.78 is 0. The van der Waals surface area contributed by atoms with E-state index in [-0.39, 0.29) is 12.5 Å². The van der Waals surface area contributed by atoms with Crippen molar-refractivity contribution in [1.82, 2.24) is 24.8 Å². The number of hydrogen-bond donors (Lipinski definition) is 1. The maximum atomic E-state index is 12.7. The summed E-state index contributed by atoms with van der Waals surface area (Å²) in [7, 11) is 0. The van der Waals surface area contributed by atoms with E-state index in [2.05, 4.69) is 24.8 Å². The second-order valence-corrected chi connectivity index (χ2v) is 7.25. The maximum absolute atomic E-state index is 12.7. The van der Waals surface area contributed by atoms with Gasteiger partial charge in [0, 0.05) is 63.8 Å². The molecule has 0 radical (unpaired) electrons. The molecule has 1 saturated heterocycles. The molecule has 0 aromatic carbocycles. The van der Waals surface area contributed by atoms with Gasteiger partial charge in [0.15, 0.2) is 0 Å². The molecular weight excluding hydrogens is 356 g/mol. The molecule has 2 aliphatic rings. The Balaban J connectivity index is 1.45. The Morgan fingerprint density at radius 3 is 2.75 bits per heavy atom. The Labute approximate surface area is 164 Å². The van der Waals surface area contributed by atoms with Gasteiger partial charge in [-0.3, -0.25) is 14.7 Å². The van der Waals surface area contributed by atoms with Crippen LogP contribution in [0, 0.1) is 0 Å². The van der Waals surface area contributed by atoms with Gasteiger partial charge in [-0.25, -0.2) is 9.97 Å². The van der Waals surface area contributed by atoms with Gasteiger partial charge in [-0.2, -0.15) is 0 Å². The van der Waals surface area contributed by atoms with Crippen molar-refractivity contribution in [2.24, 2.45) is 0 Å². The lowest BCUT2D eigenvalue weighted by Gasteiger charge is -2.37. The number of aliphatic hydroxyl groups excluding tert-OH is 1. The molecule has 0 bridgehead atoms. The highest BCUT2D eigenvalue weighted by molar-refractivity contribution is 5.94. The minimum Gasteiger partial charge on any atom is -0.396 e. The molecule has 4 heterocycles. The van der Waals surface area contributed by atoms with E-state index in [1.807, 2.05) is 4.90 Å². The molecule has 0 atom stereocenters. The van der Waals surface area contributed by atoms with Crippen LogP contribution >= 0.6 is 0 Å². The van der Waals surface area contributed by atoms with Crippen molar-refractivity contribution in [3.63, 3.8) is 0 Å². The second-order valence-electron chi connectivity index (χ2n) is 7.25.